The molecule has 0 saturated heterocycles. The van der Waals surface area contributed by atoms with E-state index in [0.29, 0.717) is 19.3 Å². The SMILES string of the molecule is C=C(C(=O)O)C(CCCCCF)C(=O)O. The topological polar surface area (TPSA) is 74.6 Å². The number of aliphatic carboxylic acids is 2. The van der Waals surface area contributed by atoms with Gasteiger partial charge in [0.1, 0.15) is 0 Å². The molecule has 0 fully saturated rings. The van der Waals surface area contributed by atoms with E-state index < -0.39 is 24.5 Å². The third-order valence-electron chi connectivity index (χ3n) is 2.12. The number of carboxylic acid groups (broad SMARTS) is 2. The first kappa shape index (κ1) is 13.6. The van der Waals surface area contributed by atoms with Crippen molar-refractivity contribution < 1.29 is 24.2 Å². The Hall–Kier alpha value is -1.39. The van der Waals surface area contributed by atoms with Crippen molar-refractivity contribution in [3.8, 4) is 0 Å². The van der Waals surface area contributed by atoms with Crippen LogP contribution in [-0.2, 0) is 9.59 Å². The van der Waals surface area contributed by atoms with Gasteiger partial charge in [0.25, 0.3) is 0 Å². The zero-order valence-corrected chi connectivity index (χ0v) is 8.41. The monoisotopic (exact) mass is 218 g/mol. The maximum absolute atomic E-state index is 11.7. The predicted octanol–water partition coefficient (Wildman–Crippen LogP) is 1.86. The maximum Gasteiger partial charge on any atom is 0.331 e. The molecule has 0 saturated carbocycles. The molecule has 1 unspecified atom stereocenters. The van der Waals surface area contributed by atoms with Crippen LogP contribution in [0.4, 0.5) is 4.39 Å². The lowest BCUT2D eigenvalue weighted by molar-refractivity contribution is -0.144. The van der Waals surface area contributed by atoms with Crippen molar-refractivity contribution in [1.29, 1.82) is 0 Å². The minimum atomic E-state index is -1.30. The normalized spacial score (nSPS) is 12.1. The summed E-state index contributed by atoms with van der Waals surface area (Å²) >= 11 is 0. The molecule has 2 N–H and O–H groups in total. The highest BCUT2D eigenvalue weighted by Crippen LogP contribution is 2.18. The van der Waals surface area contributed by atoms with Gasteiger partial charge in [-0.2, -0.15) is 0 Å². The van der Waals surface area contributed by atoms with Crippen molar-refractivity contribution >= 4 is 11.9 Å². The molecule has 0 amide bonds. The summed E-state index contributed by atoms with van der Waals surface area (Å²) in [5.41, 5.74) is -0.317. The van der Waals surface area contributed by atoms with Crippen LogP contribution in [0.1, 0.15) is 25.7 Å². The average molecular weight is 218 g/mol. The first-order valence-electron chi connectivity index (χ1n) is 4.71. The summed E-state index contributed by atoms with van der Waals surface area (Å²) in [5, 5.41) is 17.3. The smallest absolute Gasteiger partial charge is 0.331 e. The molecule has 0 aromatic carbocycles. The van der Waals surface area contributed by atoms with Crippen molar-refractivity contribution in [2.75, 3.05) is 6.67 Å². The Morgan fingerprint density at radius 2 is 1.80 bits per heavy atom. The summed E-state index contributed by atoms with van der Waals surface area (Å²) in [7, 11) is 0. The minimum absolute atomic E-state index is 0.195. The fourth-order valence-electron chi connectivity index (χ4n) is 1.22. The Morgan fingerprint density at radius 1 is 1.20 bits per heavy atom. The van der Waals surface area contributed by atoms with E-state index >= 15 is 0 Å². The second-order valence-electron chi connectivity index (χ2n) is 3.26. The molecule has 0 heterocycles. The van der Waals surface area contributed by atoms with Crippen LogP contribution in [0.15, 0.2) is 12.2 Å². The predicted molar refractivity (Wildman–Crippen MR) is 52.3 cm³/mol. The van der Waals surface area contributed by atoms with Gasteiger partial charge in [-0.05, 0) is 12.8 Å². The molecule has 0 aliphatic carbocycles. The van der Waals surface area contributed by atoms with Crippen molar-refractivity contribution in [2.45, 2.75) is 25.7 Å². The molecule has 0 spiro atoms. The largest absolute Gasteiger partial charge is 0.481 e. The van der Waals surface area contributed by atoms with Crippen molar-refractivity contribution in [1.82, 2.24) is 0 Å². The van der Waals surface area contributed by atoms with E-state index in [1.807, 2.05) is 0 Å². The van der Waals surface area contributed by atoms with Crippen LogP contribution in [0, 0.1) is 5.92 Å². The summed E-state index contributed by atoms with van der Waals surface area (Å²) < 4.78 is 11.7. The van der Waals surface area contributed by atoms with Crippen LogP contribution < -0.4 is 0 Å². The number of rotatable bonds is 8. The van der Waals surface area contributed by atoms with Gasteiger partial charge in [0, 0.05) is 5.57 Å². The van der Waals surface area contributed by atoms with Crippen LogP contribution in [-0.4, -0.2) is 28.8 Å². The van der Waals surface area contributed by atoms with E-state index in [0.717, 1.165) is 0 Å². The van der Waals surface area contributed by atoms with E-state index in [2.05, 4.69) is 6.58 Å². The molecule has 0 aromatic rings. The number of carboxylic acids is 2. The fraction of sp³-hybridized carbons (Fsp3) is 0.600. The van der Waals surface area contributed by atoms with Crippen molar-refractivity contribution in [3.63, 3.8) is 0 Å². The zero-order chi connectivity index (χ0) is 11.8. The number of alkyl halides is 1. The lowest BCUT2D eigenvalue weighted by Crippen LogP contribution is -2.20. The van der Waals surface area contributed by atoms with Gasteiger partial charge in [-0.25, -0.2) is 4.79 Å². The van der Waals surface area contributed by atoms with Crippen LogP contribution in [0.3, 0.4) is 0 Å². The van der Waals surface area contributed by atoms with E-state index in [9.17, 15) is 14.0 Å². The van der Waals surface area contributed by atoms with Crippen LogP contribution >= 0.6 is 0 Å². The van der Waals surface area contributed by atoms with Gasteiger partial charge in [0.05, 0.1) is 12.6 Å². The molecule has 0 radical (unpaired) electrons. The fourth-order valence-corrected chi connectivity index (χ4v) is 1.22. The molecule has 5 heteroatoms. The zero-order valence-electron chi connectivity index (χ0n) is 8.41. The first-order valence-corrected chi connectivity index (χ1v) is 4.71. The third-order valence-corrected chi connectivity index (χ3v) is 2.12. The Labute approximate surface area is 87.4 Å². The molecular formula is C10H15FO4. The van der Waals surface area contributed by atoms with Gasteiger partial charge >= 0.3 is 11.9 Å². The highest BCUT2D eigenvalue weighted by Gasteiger charge is 2.24. The molecular weight excluding hydrogens is 203 g/mol. The minimum Gasteiger partial charge on any atom is -0.481 e. The Bertz CT molecular complexity index is 250. The summed E-state index contributed by atoms with van der Waals surface area (Å²) in [6, 6.07) is 0. The van der Waals surface area contributed by atoms with Crippen LogP contribution in [0.5, 0.6) is 0 Å². The molecule has 0 aliphatic heterocycles. The quantitative estimate of drug-likeness (QED) is 0.481. The Kier molecular flexibility index (Phi) is 6.33. The number of hydrogen-bond acceptors (Lipinski definition) is 2. The molecule has 1 atom stereocenters. The van der Waals surface area contributed by atoms with Crippen molar-refractivity contribution in [3.05, 3.63) is 12.2 Å². The molecule has 0 aromatic heterocycles. The lowest BCUT2D eigenvalue weighted by Gasteiger charge is -2.11. The summed E-state index contributed by atoms with van der Waals surface area (Å²) in [5.74, 6) is -3.56. The first-order chi connectivity index (χ1) is 7.00. The summed E-state index contributed by atoms with van der Waals surface area (Å²) in [4.78, 5) is 21.2. The van der Waals surface area contributed by atoms with Gasteiger partial charge in [0.2, 0.25) is 0 Å². The van der Waals surface area contributed by atoms with Gasteiger partial charge in [0.15, 0.2) is 0 Å². The molecule has 0 aliphatic rings. The second kappa shape index (κ2) is 6.98. The summed E-state index contributed by atoms with van der Waals surface area (Å²) in [6.45, 7) is 2.79. The Morgan fingerprint density at radius 3 is 2.20 bits per heavy atom. The van der Waals surface area contributed by atoms with Gasteiger partial charge in [-0.3, -0.25) is 9.18 Å². The molecule has 0 bridgehead atoms. The molecule has 0 rings (SSSR count). The second-order valence-corrected chi connectivity index (χ2v) is 3.26. The number of hydrogen-bond donors (Lipinski definition) is 2. The maximum atomic E-state index is 11.7. The lowest BCUT2D eigenvalue weighted by atomic mass is 9.94. The van der Waals surface area contributed by atoms with E-state index in [1.165, 1.54) is 0 Å². The Balaban J connectivity index is 4.12. The van der Waals surface area contributed by atoms with Crippen LogP contribution in [0.25, 0.3) is 0 Å². The van der Waals surface area contributed by atoms with E-state index in [-0.39, 0.29) is 12.0 Å². The number of unbranched alkanes of at least 4 members (excludes halogenated alkanes) is 2. The molecule has 15 heavy (non-hydrogen) atoms. The third kappa shape index (κ3) is 5.15. The molecule has 86 valence electrons. The van der Waals surface area contributed by atoms with Crippen LogP contribution in [0.2, 0.25) is 0 Å². The van der Waals surface area contributed by atoms with Gasteiger partial charge in [-0.15, -0.1) is 0 Å². The van der Waals surface area contributed by atoms with Gasteiger partial charge < -0.3 is 10.2 Å². The van der Waals surface area contributed by atoms with Crippen molar-refractivity contribution in [2.24, 2.45) is 5.92 Å². The molecule has 4 nitrogen and oxygen atoms in total. The van der Waals surface area contributed by atoms with E-state index in [1.54, 1.807) is 0 Å². The highest BCUT2D eigenvalue weighted by molar-refractivity contribution is 5.93. The van der Waals surface area contributed by atoms with E-state index in [4.69, 9.17) is 10.2 Å². The number of halogens is 1. The average Bonchev–Trinajstić information content (AvgIpc) is 2.16. The van der Waals surface area contributed by atoms with Gasteiger partial charge in [-0.1, -0.05) is 19.4 Å². The summed E-state index contributed by atoms with van der Waals surface area (Å²) in [6.07, 6.45) is 1.63. The standard InChI is InChI=1S/C10H15FO4/c1-7(9(12)13)8(10(14)15)5-3-2-4-6-11/h8H,1-6H2,(H,12,13)(H,14,15). The number of carbonyl (C=O) groups is 2. The highest BCUT2D eigenvalue weighted by atomic mass is 19.1.